The van der Waals surface area contributed by atoms with Gasteiger partial charge in [0.2, 0.25) is 0 Å². The molecule has 2 heterocycles. The zero-order valence-corrected chi connectivity index (χ0v) is 22.0. The van der Waals surface area contributed by atoms with Crippen LogP contribution in [0.4, 0.5) is 14.5 Å². The second-order valence-electron chi connectivity index (χ2n) is 9.36. The number of para-hydroxylation sites is 1. The summed E-state index contributed by atoms with van der Waals surface area (Å²) < 4.78 is 44.2. The minimum absolute atomic E-state index is 0.0266. The van der Waals surface area contributed by atoms with Gasteiger partial charge in [0.1, 0.15) is 11.6 Å². The molecule has 4 aromatic rings. The molecule has 1 amide bonds. The number of fused-ring (bicyclic) bond motifs is 1. The summed E-state index contributed by atoms with van der Waals surface area (Å²) in [5.41, 5.74) is 2.33. The average molecular weight is 535 g/mol. The summed E-state index contributed by atoms with van der Waals surface area (Å²) in [5.74, 6) is -1.15. The summed E-state index contributed by atoms with van der Waals surface area (Å²) in [5, 5.41) is 0.911. The molecule has 1 aliphatic heterocycles. The van der Waals surface area contributed by atoms with E-state index in [1.54, 1.807) is 41.4 Å². The SMILES string of the molecule is Cc1c(F)ccc(C(C)N2CCN(C(=O)c3ccc(NS(=O)c4cccc5cccnc45)cc3)CC2)c1F. The number of nitrogens with zero attached hydrogens (tertiary/aromatic N) is 3. The van der Waals surface area contributed by atoms with Crippen LogP contribution in [-0.2, 0) is 11.0 Å². The van der Waals surface area contributed by atoms with Gasteiger partial charge in [-0.1, -0.05) is 24.3 Å². The molecule has 2 atom stereocenters. The summed E-state index contributed by atoms with van der Waals surface area (Å²) in [6, 6.07) is 18.8. The van der Waals surface area contributed by atoms with Gasteiger partial charge in [0, 0.05) is 66.2 Å². The minimum atomic E-state index is -1.52. The maximum atomic E-state index is 14.6. The number of hydrogen-bond acceptors (Lipinski definition) is 4. The second kappa shape index (κ2) is 11.0. The monoisotopic (exact) mass is 534 g/mol. The zero-order valence-electron chi connectivity index (χ0n) is 21.2. The predicted octanol–water partition coefficient (Wildman–Crippen LogP) is 5.48. The fourth-order valence-corrected chi connectivity index (χ4v) is 5.77. The van der Waals surface area contributed by atoms with Crippen molar-refractivity contribution in [2.24, 2.45) is 0 Å². The summed E-state index contributed by atoms with van der Waals surface area (Å²) >= 11 is 0. The number of carbonyl (C=O) groups excluding carboxylic acids is 1. The molecular formula is C29H28F2N4O2S. The predicted molar refractivity (Wildman–Crippen MR) is 145 cm³/mol. The highest BCUT2D eigenvalue weighted by Crippen LogP contribution is 2.27. The number of piperazine rings is 1. The maximum Gasteiger partial charge on any atom is 0.253 e. The first-order valence-electron chi connectivity index (χ1n) is 12.4. The standard InChI is InChI=1S/C29H28F2N4O2S/c1-19-25(30)13-12-24(27(19)31)20(2)34-15-17-35(18-16-34)29(36)22-8-10-23(11-9-22)33-38(37)26-7-3-5-21-6-4-14-32-28(21)26/h3-14,20,33H,15-18H2,1-2H3. The van der Waals surface area contributed by atoms with Crippen LogP contribution in [0.5, 0.6) is 0 Å². The Morgan fingerprint density at radius 1 is 0.974 bits per heavy atom. The number of carbonyl (C=O) groups is 1. The van der Waals surface area contributed by atoms with Gasteiger partial charge in [-0.3, -0.25) is 14.7 Å². The number of pyridine rings is 1. The highest BCUT2D eigenvalue weighted by molar-refractivity contribution is 7.86. The maximum absolute atomic E-state index is 14.6. The Morgan fingerprint density at radius 2 is 1.68 bits per heavy atom. The third-order valence-corrected chi connectivity index (χ3v) is 8.24. The van der Waals surface area contributed by atoms with Crippen molar-refractivity contribution in [2.75, 3.05) is 30.9 Å². The molecule has 196 valence electrons. The van der Waals surface area contributed by atoms with Crippen molar-refractivity contribution in [3.05, 3.63) is 101 Å². The lowest BCUT2D eigenvalue weighted by molar-refractivity contribution is 0.0579. The lowest BCUT2D eigenvalue weighted by Gasteiger charge is -2.38. The minimum Gasteiger partial charge on any atom is -0.336 e. The van der Waals surface area contributed by atoms with Crippen molar-refractivity contribution in [1.29, 1.82) is 0 Å². The zero-order chi connectivity index (χ0) is 26.8. The molecule has 1 fully saturated rings. The molecule has 0 spiro atoms. The molecule has 1 saturated heterocycles. The van der Waals surface area contributed by atoms with Gasteiger partial charge in [-0.2, -0.15) is 0 Å². The molecule has 0 radical (unpaired) electrons. The molecule has 1 aromatic heterocycles. The van der Waals surface area contributed by atoms with Crippen LogP contribution in [0.25, 0.3) is 10.9 Å². The molecule has 2 unspecified atom stereocenters. The van der Waals surface area contributed by atoms with E-state index in [4.69, 9.17) is 0 Å². The van der Waals surface area contributed by atoms with Gasteiger partial charge in [0.05, 0.1) is 10.4 Å². The van der Waals surface area contributed by atoms with E-state index in [1.807, 2.05) is 31.2 Å². The number of hydrogen-bond donors (Lipinski definition) is 1. The Balaban J connectivity index is 1.20. The summed E-state index contributed by atoms with van der Waals surface area (Å²) in [7, 11) is -1.52. The quantitative estimate of drug-likeness (QED) is 0.356. The number of benzene rings is 3. The lowest BCUT2D eigenvalue weighted by Crippen LogP contribution is -2.49. The third kappa shape index (κ3) is 5.16. The van der Waals surface area contributed by atoms with Gasteiger partial charge in [-0.25, -0.2) is 13.0 Å². The normalized spacial score (nSPS) is 15.8. The largest absolute Gasteiger partial charge is 0.336 e. The molecule has 0 aliphatic carbocycles. The van der Waals surface area contributed by atoms with Crippen LogP contribution in [0.1, 0.15) is 34.5 Å². The van der Waals surface area contributed by atoms with Crippen molar-refractivity contribution in [3.8, 4) is 0 Å². The fourth-order valence-electron chi connectivity index (χ4n) is 4.77. The molecule has 1 aliphatic rings. The van der Waals surface area contributed by atoms with Crippen LogP contribution in [0.3, 0.4) is 0 Å². The molecule has 1 N–H and O–H groups in total. The molecule has 0 saturated carbocycles. The van der Waals surface area contributed by atoms with E-state index in [0.717, 1.165) is 5.39 Å². The Hall–Kier alpha value is -3.69. The molecule has 3 aromatic carbocycles. The van der Waals surface area contributed by atoms with Crippen LogP contribution >= 0.6 is 0 Å². The second-order valence-corrected chi connectivity index (χ2v) is 10.5. The topological polar surface area (TPSA) is 65.5 Å². The van der Waals surface area contributed by atoms with E-state index >= 15 is 0 Å². The van der Waals surface area contributed by atoms with Crippen molar-refractivity contribution in [1.82, 2.24) is 14.8 Å². The van der Waals surface area contributed by atoms with Crippen LogP contribution in [0.2, 0.25) is 0 Å². The van der Waals surface area contributed by atoms with Crippen LogP contribution < -0.4 is 4.72 Å². The Kier molecular flexibility index (Phi) is 7.49. The van der Waals surface area contributed by atoms with Crippen molar-refractivity contribution >= 4 is 33.5 Å². The number of nitrogens with one attached hydrogen (secondary N) is 1. The first-order chi connectivity index (χ1) is 18.3. The van der Waals surface area contributed by atoms with Gasteiger partial charge >= 0.3 is 0 Å². The average Bonchev–Trinajstić information content (AvgIpc) is 2.95. The van der Waals surface area contributed by atoms with Gasteiger partial charge in [0.25, 0.3) is 5.91 Å². The van der Waals surface area contributed by atoms with E-state index in [0.29, 0.717) is 53.4 Å². The number of rotatable bonds is 6. The lowest BCUT2D eigenvalue weighted by atomic mass is 10.0. The van der Waals surface area contributed by atoms with E-state index in [9.17, 15) is 17.8 Å². The van der Waals surface area contributed by atoms with Crippen molar-refractivity contribution in [3.63, 3.8) is 0 Å². The van der Waals surface area contributed by atoms with Crippen molar-refractivity contribution < 1.29 is 17.8 Å². The molecular weight excluding hydrogens is 506 g/mol. The van der Waals surface area contributed by atoms with Gasteiger partial charge in [-0.15, -0.1) is 0 Å². The van der Waals surface area contributed by atoms with Crippen molar-refractivity contribution in [2.45, 2.75) is 24.8 Å². The van der Waals surface area contributed by atoms with Gasteiger partial charge in [-0.05, 0) is 56.3 Å². The van der Waals surface area contributed by atoms with E-state index in [-0.39, 0.29) is 17.5 Å². The molecule has 38 heavy (non-hydrogen) atoms. The molecule has 5 rings (SSSR count). The molecule has 9 heteroatoms. The molecule has 6 nitrogen and oxygen atoms in total. The highest BCUT2D eigenvalue weighted by atomic mass is 32.2. The van der Waals surface area contributed by atoms with E-state index in [1.165, 1.54) is 19.1 Å². The first kappa shape index (κ1) is 25.9. The number of anilines is 1. The van der Waals surface area contributed by atoms with E-state index < -0.39 is 22.6 Å². The summed E-state index contributed by atoms with van der Waals surface area (Å²) in [4.78, 5) is 21.9. The van der Waals surface area contributed by atoms with Crippen LogP contribution in [-0.4, -0.2) is 51.1 Å². The van der Waals surface area contributed by atoms with Crippen LogP contribution in [0, 0.1) is 18.6 Å². The van der Waals surface area contributed by atoms with Crippen LogP contribution in [0.15, 0.2) is 77.8 Å². The third-order valence-electron chi connectivity index (χ3n) is 7.09. The molecule has 0 bridgehead atoms. The highest BCUT2D eigenvalue weighted by Gasteiger charge is 2.27. The van der Waals surface area contributed by atoms with E-state index in [2.05, 4.69) is 14.6 Å². The fraction of sp³-hybridized carbons (Fsp3) is 0.241. The Bertz CT molecular complexity index is 1500. The Morgan fingerprint density at radius 3 is 2.42 bits per heavy atom. The number of amides is 1. The van der Waals surface area contributed by atoms with Gasteiger partial charge in [0.15, 0.2) is 11.0 Å². The first-order valence-corrected chi connectivity index (χ1v) is 13.6. The summed E-state index contributed by atoms with van der Waals surface area (Å²) in [6.07, 6.45) is 1.67. The number of halogens is 2. The summed E-state index contributed by atoms with van der Waals surface area (Å²) in [6.45, 7) is 5.51. The van der Waals surface area contributed by atoms with Gasteiger partial charge < -0.3 is 9.62 Å². The Labute approximate surface area is 222 Å². The number of aromatic nitrogens is 1. The smallest absolute Gasteiger partial charge is 0.253 e.